The van der Waals surface area contributed by atoms with Gasteiger partial charge in [-0.1, -0.05) is 28.1 Å². The summed E-state index contributed by atoms with van der Waals surface area (Å²) >= 11 is 3.01. The van der Waals surface area contributed by atoms with E-state index in [-0.39, 0.29) is 16.8 Å². The molecule has 0 bridgehead atoms. The fourth-order valence-electron chi connectivity index (χ4n) is 1.06. The Morgan fingerprint density at radius 3 is 2.41 bits per heavy atom. The van der Waals surface area contributed by atoms with E-state index in [9.17, 15) is 14.9 Å². The van der Waals surface area contributed by atoms with Gasteiger partial charge in [0.2, 0.25) is 0 Å². The number of aryl methyl sites for hydroxylation is 1. The molecule has 0 heterocycles. The second-order valence-electron chi connectivity index (χ2n) is 3.32. The SMILES string of the molecule is CNC.Cc1ccc(C(=O)CBr)cc1[N+](=O)[O-]. The number of carbonyl (C=O) groups excluding carboxylic acids is 1. The smallest absolute Gasteiger partial charge is 0.273 e. The highest BCUT2D eigenvalue weighted by atomic mass is 79.9. The third-order valence-electron chi connectivity index (χ3n) is 1.85. The number of Topliss-reactive ketones (excluding diaryl/α,β-unsaturated/α-hetero) is 1. The lowest BCUT2D eigenvalue weighted by molar-refractivity contribution is -0.385. The van der Waals surface area contributed by atoms with Crippen molar-refractivity contribution in [2.45, 2.75) is 6.92 Å². The molecule has 1 rings (SSSR count). The number of benzene rings is 1. The first-order valence-electron chi connectivity index (χ1n) is 4.90. The Kier molecular flexibility index (Phi) is 7.32. The molecular weight excluding hydrogens is 288 g/mol. The zero-order chi connectivity index (χ0) is 13.4. The van der Waals surface area contributed by atoms with Crippen LogP contribution in [0.1, 0.15) is 15.9 Å². The number of nitrogens with zero attached hydrogens (tertiary/aromatic N) is 1. The van der Waals surface area contributed by atoms with Gasteiger partial charge in [0.15, 0.2) is 5.78 Å². The second-order valence-corrected chi connectivity index (χ2v) is 3.88. The standard InChI is InChI=1S/C9H8BrNO3.C2H7N/c1-6-2-3-7(9(12)5-10)4-8(6)11(13)14;1-3-2/h2-4H,5H2,1H3;3H,1-2H3. The predicted octanol–water partition coefficient (Wildman–Crippen LogP) is 2.32. The highest BCUT2D eigenvalue weighted by Gasteiger charge is 2.13. The monoisotopic (exact) mass is 302 g/mol. The molecule has 0 fully saturated rings. The van der Waals surface area contributed by atoms with E-state index in [0.29, 0.717) is 11.1 Å². The van der Waals surface area contributed by atoms with Gasteiger partial charge in [-0.15, -0.1) is 0 Å². The summed E-state index contributed by atoms with van der Waals surface area (Å²) in [5, 5.41) is 13.5. The van der Waals surface area contributed by atoms with E-state index in [1.165, 1.54) is 6.07 Å². The Balaban J connectivity index is 0.000000770. The van der Waals surface area contributed by atoms with Crippen LogP contribution in [0, 0.1) is 17.0 Å². The van der Waals surface area contributed by atoms with Crippen molar-refractivity contribution in [3.63, 3.8) is 0 Å². The number of ketones is 1. The summed E-state index contributed by atoms with van der Waals surface area (Å²) in [6.07, 6.45) is 0. The van der Waals surface area contributed by atoms with E-state index in [1.807, 2.05) is 14.1 Å². The van der Waals surface area contributed by atoms with Crippen molar-refractivity contribution in [3.05, 3.63) is 39.4 Å². The number of carbonyl (C=O) groups is 1. The van der Waals surface area contributed by atoms with Crippen molar-refractivity contribution in [1.29, 1.82) is 0 Å². The summed E-state index contributed by atoms with van der Waals surface area (Å²) in [4.78, 5) is 21.3. The summed E-state index contributed by atoms with van der Waals surface area (Å²) in [6, 6.07) is 4.47. The van der Waals surface area contributed by atoms with Crippen LogP contribution < -0.4 is 5.32 Å². The van der Waals surface area contributed by atoms with Crippen molar-refractivity contribution < 1.29 is 9.72 Å². The van der Waals surface area contributed by atoms with Gasteiger partial charge in [-0.05, 0) is 21.0 Å². The van der Waals surface area contributed by atoms with Crippen molar-refractivity contribution in [2.24, 2.45) is 0 Å². The first-order chi connectivity index (χ1) is 7.97. The van der Waals surface area contributed by atoms with Crippen LogP contribution in [0.25, 0.3) is 0 Å². The summed E-state index contributed by atoms with van der Waals surface area (Å²) in [7, 11) is 3.75. The summed E-state index contributed by atoms with van der Waals surface area (Å²) in [5.41, 5.74) is 0.900. The van der Waals surface area contributed by atoms with Crippen molar-refractivity contribution in [2.75, 3.05) is 19.4 Å². The van der Waals surface area contributed by atoms with Gasteiger partial charge in [0, 0.05) is 17.2 Å². The Labute approximate surface area is 108 Å². The Hall–Kier alpha value is -1.27. The highest BCUT2D eigenvalue weighted by Crippen LogP contribution is 2.19. The van der Waals surface area contributed by atoms with E-state index in [2.05, 4.69) is 21.2 Å². The molecule has 0 saturated heterocycles. The third-order valence-corrected chi connectivity index (χ3v) is 2.36. The van der Waals surface area contributed by atoms with Crippen LogP contribution in [0.3, 0.4) is 0 Å². The minimum Gasteiger partial charge on any atom is -0.323 e. The summed E-state index contributed by atoms with van der Waals surface area (Å²) in [6.45, 7) is 1.64. The lowest BCUT2D eigenvalue weighted by atomic mass is 10.1. The molecule has 0 aliphatic carbocycles. The molecule has 17 heavy (non-hydrogen) atoms. The van der Waals surface area contributed by atoms with Gasteiger partial charge in [-0.3, -0.25) is 14.9 Å². The fourth-order valence-corrected chi connectivity index (χ4v) is 1.38. The fraction of sp³-hybridized carbons (Fsp3) is 0.364. The minimum atomic E-state index is -0.486. The van der Waals surface area contributed by atoms with E-state index >= 15 is 0 Å². The average molecular weight is 303 g/mol. The van der Waals surface area contributed by atoms with E-state index < -0.39 is 4.92 Å². The Bertz CT molecular complexity index is 408. The molecule has 0 amide bonds. The lowest BCUT2D eigenvalue weighted by Gasteiger charge is -1.99. The number of alkyl halides is 1. The molecule has 1 aromatic carbocycles. The second kappa shape index (κ2) is 7.92. The van der Waals surface area contributed by atoms with Crippen molar-refractivity contribution >= 4 is 27.4 Å². The van der Waals surface area contributed by atoms with Gasteiger partial charge in [0.25, 0.3) is 5.69 Å². The van der Waals surface area contributed by atoms with E-state index in [1.54, 1.807) is 19.1 Å². The average Bonchev–Trinajstić information content (AvgIpc) is 2.29. The maximum atomic E-state index is 11.2. The molecule has 0 spiro atoms. The number of nitro groups is 1. The number of nitro benzene ring substituents is 1. The quantitative estimate of drug-likeness (QED) is 0.402. The first kappa shape index (κ1) is 15.7. The van der Waals surface area contributed by atoms with Crippen LogP contribution in [0.5, 0.6) is 0 Å². The predicted molar refractivity (Wildman–Crippen MR) is 70.9 cm³/mol. The zero-order valence-electron chi connectivity index (χ0n) is 9.99. The number of rotatable bonds is 3. The molecule has 0 saturated carbocycles. The summed E-state index contributed by atoms with van der Waals surface area (Å²) in [5.74, 6) is -0.159. The normalized spacial score (nSPS) is 9.18. The largest absolute Gasteiger partial charge is 0.323 e. The number of halogens is 1. The zero-order valence-corrected chi connectivity index (χ0v) is 11.6. The highest BCUT2D eigenvalue weighted by molar-refractivity contribution is 9.09. The van der Waals surface area contributed by atoms with Crippen LogP contribution >= 0.6 is 15.9 Å². The maximum Gasteiger partial charge on any atom is 0.273 e. The van der Waals surface area contributed by atoms with Crippen LogP contribution in [-0.4, -0.2) is 30.1 Å². The third kappa shape index (κ3) is 5.06. The van der Waals surface area contributed by atoms with E-state index in [0.717, 1.165) is 0 Å². The van der Waals surface area contributed by atoms with Crippen LogP contribution in [0.2, 0.25) is 0 Å². The summed E-state index contributed by atoms with van der Waals surface area (Å²) < 4.78 is 0. The van der Waals surface area contributed by atoms with Gasteiger partial charge in [-0.2, -0.15) is 0 Å². The molecule has 6 heteroatoms. The van der Waals surface area contributed by atoms with Crippen LogP contribution in [0.4, 0.5) is 5.69 Å². The Morgan fingerprint density at radius 2 is 2.00 bits per heavy atom. The molecule has 0 aliphatic heterocycles. The topological polar surface area (TPSA) is 72.2 Å². The van der Waals surface area contributed by atoms with Crippen molar-refractivity contribution in [1.82, 2.24) is 5.32 Å². The van der Waals surface area contributed by atoms with Gasteiger partial charge in [-0.25, -0.2) is 0 Å². The molecular formula is C11H15BrN2O3. The lowest BCUT2D eigenvalue weighted by Crippen LogP contribution is -2.01. The number of hydrogen-bond acceptors (Lipinski definition) is 4. The minimum absolute atomic E-state index is 0.0169. The Morgan fingerprint density at radius 1 is 1.47 bits per heavy atom. The van der Waals surface area contributed by atoms with Crippen molar-refractivity contribution in [3.8, 4) is 0 Å². The van der Waals surface area contributed by atoms with Gasteiger partial charge >= 0.3 is 0 Å². The molecule has 0 aliphatic rings. The molecule has 1 N–H and O–H groups in total. The van der Waals surface area contributed by atoms with Gasteiger partial charge < -0.3 is 5.32 Å². The van der Waals surface area contributed by atoms with Gasteiger partial charge in [0.1, 0.15) is 0 Å². The van der Waals surface area contributed by atoms with Crippen LogP contribution in [0.15, 0.2) is 18.2 Å². The van der Waals surface area contributed by atoms with Gasteiger partial charge in [0.05, 0.1) is 10.3 Å². The first-order valence-corrected chi connectivity index (χ1v) is 6.02. The number of hydrogen-bond donors (Lipinski definition) is 1. The molecule has 0 atom stereocenters. The molecule has 0 radical (unpaired) electrons. The molecule has 0 aromatic heterocycles. The number of nitrogens with one attached hydrogen (secondary N) is 1. The molecule has 1 aromatic rings. The van der Waals surface area contributed by atoms with Crippen LogP contribution in [-0.2, 0) is 0 Å². The molecule has 0 unspecified atom stereocenters. The molecule has 5 nitrogen and oxygen atoms in total. The maximum absolute atomic E-state index is 11.2. The van der Waals surface area contributed by atoms with E-state index in [4.69, 9.17) is 0 Å². The molecule has 94 valence electrons.